The van der Waals surface area contributed by atoms with Crippen LogP contribution in [0, 0.1) is 28.9 Å². The van der Waals surface area contributed by atoms with Crippen molar-refractivity contribution in [1.29, 1.82) is 5.26 Å². The SMILES string of the molecule is CN(C)C(=O)C1CN(c2c(F)cc3[nH]c(-c4cc(C#N)ccc4Cl)cc(=O)c3c2F)C1. The molecule has 0 bridgehead atoms. The van der Waals surface area contributed by atoms with E-state index >= 15 is 4.39 Å². The van der Waals surface area contributed by atoms with Crippen molar-refractivity contribution in [3.8, 4) is 17.3 Å². The largest absolute Gasteiger partial charge is 0.365 e. The van der Waals surface area contributed by atoms with Crippen LogP contribution in [-0.2, 0) is 4.79 Å². The van der Waals surface area contributed by atoms with Gasteiger partial charge < -0.3 is 14.8 Å². The lowest BCUT2D eigenvalue weighted by molar-refractivity contribution is -0.133. The van der Waals surface area contributed by atoms with Gasteiger partial charge in [0.2, 0.25) is 5.91 Å². The summed E-state index contributed by atoms with van der Waals surface area (Å²) >= 11 is 6.19. The third kappa shape index (κ3) is 3.51. The molecule has 3 aromatic rings. The molecule has 6 nitrogen and oxygen atoms in total. The average molecular weight is 443 g/mol. The molecule has 9 heteroatoms. The van der Waals surface area contributed by atoms with Gasteiger partial charge in [0.25, 0.3) is 0 Å². The predicted octanol–water partition coefficient (Wildman–Crippen LogP) is 3.52. The van der Waals surface area contributed by atoms with Gasteiger partial charge in [0.15, 0.2) is 17.1 Å². The highest BCUT2D eigenvalue weighted by Crippen LogP contribution is 2.35. The fourth-order valence-electron chi connectivity index (χ4n) is 3.75. The lowest BCUT2D eigenvalue weighted by atomic mass is 9.96. The molecule has 158 valence electrons. The molecule has 31 heavy (non-hydrogen) atoms. The molecule has 2 aromatic carbocycles. The van der Waals surface area contributed by atoms with E-state index in [0.29, 0.717) is 11.1 Å². The maximum Gasteiger partial charge on any atom is 0.228 e. The Morgan fingerprint density at radius 1 is 1.26 bits per heavy atom. The second kappa shape index (κ2) is 7.67. The first kappa shape index (κ1) is 20.8. The van der Waals surface area contributed by atoms with Crippen molar-refractivity contribution < 1.29 is 13.6 Å². The minimum Gasteiger partial charge on any atom is -0.365 e. The lowest BCUT2D eigenvalue weighted by Gasteiger charge is -2.41. The number of fused-ring (bicyclic) bond motifs is 1. The number of nitrogens with one attached hydrogen (secondary N) is 1. The number of nitriles is 1. The van der Waals surface area contributed by atoms with Crippen molar-refractivity contribution in [1.82, 2.24) is 9.88 Å². The molecule has 2 heterocycles. The molecule has 1 amide bonds. The quantitative estimate of drug-likeness (QED) is 0.673. The number of halogens is 3. The number of H-pyrrole nitrogens is 1. The van der Waals surface area contributed by atoms with E-state index in [1.165, 1.54) is 34.1 Å². The molecule has 0 radical (unpaired) electrons. The van der Waals surface area contributed by atoms with Gasteiger partial charge in [-0.15, -0.1) is 0 Å². The summed E-state index contributed by atoms with van der Waals surface area (Å²) in [7, 11) is 3.25. The molecule has 0 aliphatic carbocycles. The molecule has 1 saturated heterocycles. The number of aromatic amines is 1. The van der Waals surface area contributed by atoms with E-state index < -0.39 is 17.1 Å². The van der Waals surface area contributed by atoms with Gasteiger partial charge in [-0.1, -0.05) is 11.6 Å². The number of carbonyl (C=O) groups is 1. The highest BCUT2D eigenvalue weighted by molar-refractivity contribution is 6.33. The summed E-state index contributed by atoms with van der Waals surface area (Å²) in [6.45, 7) is 0.339. The maximum absolute atomic E-state index is 15.2. The van der Waals surface area contributed by atoms with E-state index in [0.717, 1.165) is 6.07 Å². The molecule has 1 aromatic heterocycles. The first-order valence-electron chi connectivity index (χ1n) is 9.42. The van der Waals surface area contributed by atoms with Crippen LogP contribution in [0.2, 0.25) is 5.02 Å². The number of pyridine rings is 1. The summed E-state index contributed by atoms with van der Waals surface area (Å²) in [5.74, 6) is -2.28. The Labute approximate surface area is 181 Å². The highest BCUT2D eigenvalue weighted by atomic mass is 35.5. The van der Waals surface area contributed by atoms with E-state index in [4.69, 9.17) is 16.9 Å². The topological polar surface area (TPSA) is 80.2 Å². The average Bonchev–Trinajstić information content (AvgIpc) is 2.68. The van der Waals surface area contributed by atoms with Crippen LogP contribution in [0.1, 0.15) is 5.56 Å². The fraction of sp³-hybridized carbons (Fsp3) is 0.227. The summed E-state index contributed by atoms with van der Waals surface area (Å²) in [4.78, 5) is 30.5. The number of hydrogen-bond donors (Lipinski definition) is 1. The molecule has 0 atom stereocenters. The normalized spacial score (nSPS) is 13.7. The Hall–Kier alpha value is -3.44. The van der Waals surface area contributed by atoms with E-state index in [-0.39, 0.29) is 52.2 Å². The van der Waals surface area contributed by atoms with Crippen LogP contribution in [0.15, 0.2) is 35.1 Å². The van der Waals surface area contributed by atoms with Crippen molar-refractivity contribution in [2.45, 2.75) is 0 Å². The Morgan fingerprint density at radius 3 is 2.61 bits per heavy atom. The molecule has 0 spiro atoms. The number of amides is 1. The predicted molar refractivity (Wildman–Crippen MR) is 114 cm³/mol. The van der Waals surface area contributed by atoms with Crippen LogP contribution in [0.25, 0.3) is 22.2 Å². The minimum absolute atomic E-state index is 0.0267. The van der Waals surface area contributed by atoms with Crippen molar-refractivity contribution in [3.63, 3.8) is 0 Å². The summed E-state index contributed by atoms with van der Waals surface area (Å²) in [6.07, 6.45) is 0. The monoisotopic (exact) mass is 442 g/mol. The maximum atomic E-state index is 15.2. The Morgan fingerprint density at radius 2 is 1.97 bits per heavy atom. The number of rotatable bonds is 3. The standard InChI is InChI=1S/C22H17ClF2N4O2/c1-28(2)22(31)12-9-29(10-12)21-15(24)6-17-19(20(21)25)18(30)7-16(27-17)13-5-11(8-26)3-4-14(13)23/h3-7,12H,9-10H2,1-2H3,(H,27,30). The zero-order valence-corrected chi connectivity index (χ0v) is 17.4. The third-order valence-corrected chi connectivity index (χ3v) is 5.69. The number of anilines is 1. The Bertz CT molecular complexity index is 1320. The smallest absolute Gasteiger partial charge is 0.228 e. The van der Waals surface area contributed by atoms with Crippen molar-refractivity contribution in [2.75, 3.05) is 32.1 Å². The van der Waals surface area contributed by atoms with Crippen LogP contribution >= 0.6 is 11.6 Å². The van der Waals surface area contributed by atoms with Crippen molar-refractivity contribution >= 4 is 34.1 Å². The van der Waals surface area contributed by atoms with Crippen LogP contribution in [-0.4, -0.2) is 43.0 Å². The molecular weight excluding hydrogens is 426 g/mol. The van der Waals surface area contributed by atoms with E-state index in [9.17, 15) is 14.0 Å². The first-order chi connectivity index (χ1) is 14.7. The summed E-state index contributed by atoms with van der Waals surface area (Å²) < 4.78 is 30.0. The van der Waals surface area contributed by atoms with Gasteiger partial charge in [0.1, 0.15) is 5.69 Å². The van der Waals surface area contributed by atoms with E-state index in [1.807, 2.05) is 6.07 Å². The van der Waals surface area contributed by atoms with Gasteiger partial charge in [-0.05, 0) is 18.2 Å². The Balaban J connectivity index is 1.78. The number of hydrogen-bond acceptors (Lipinski definition) is 4. The van der Waals surface area contributed by atoms with Crippen molar-refractivity contribution in [3.05, 3.63) is 62.8 Å². The zero-order chi connectivity index (χ0) is 22.4. The molecule has 4 rings (SSSR count). The summed E-state index contributed by atoms with van der Waals surface area (Å²) in [6, 6.07) is 8.74. The highest BCUT2D eigenvalue weighted by Gasteiger charge is 2.37. The van der Waals surface area contributed by atoms with Gasteiger partial charge >= 0.3 is 0 Å². The van der Waals surface area contributed by atoms with Crippen molar-refractivity contribution in [2.24, 2.45) is 5.92 Å². The van der Waals surface area contributed by atoms with Crippen LogP contribution < -0.4 is 10.3 Å². The Kier molecular flexibility index (Phi) is 5.15. The molecular formula is C22H17ClF2N4O2. The molecule has 1 N–H and O–H groups in total. The zero-order valence-electron chi connectivity index (χ0n) is 16.7. The second-order valence-corrected chi connectivity index (χ2v) is 8.04. The molecule has 1 aliphatic rings. The summed E-state index contributed by atoms with van der Waals surface area (Å²) in [5, 5.41) is 9.10. The minimum atomic E-state index is -0.976. The molecule has 0 saturated carbocycles. The van der Waals surface area contributed by atoms with Gasteiger partial charge in [0.05, 0.1) is 34.1 Å². The van der Waals surface area contributed by atoms with Gasteiger partial charge in [0, 0.05) is 49.9 Å². The first-order valence-corrected chi connectivity index (χ1v) is 9.80. The second-order valence-electron chi connectivity index (χ2n) is 7.63. The number of carbonyl (C=O) groups excluding carboxylic acids is 1. The summed E-state index contributed by atoms with van der Waals surface area (Å²) in [5.41, 5.74) is -0.0571. The van der Waals surface area contributed by atoms with Gasteiger partial charge in [-0.25, -0.2) is 8.78 Å². The van der Waals surface area contributed by atoms with Gasteiger partial charge in [-0.3, -0.25) is 9.59 Å². The van der Waals surface area contributed by atoms with Crippen LogP contribution in [0.4, 0.5) is 14.5 Å². The number of benzene rings is 2. The molecule has 1 aliphatic heterocycles. The molecule has 0 unspecified atom stereocenters. The number of nitrogens with zero attached hydrogens (tertiary/aromatic N) is 3. The molecule has 1 fully saturated rings. The lowest BCUT2D eigenvalue weighted by Crippen LogP contribution is -2.54. The third-order valence-electron chi connectivity index (χ3n) is 5.36. The van der Waals surface area contributed by atoms with Gasteiger partial charge in [-0.2, -0.15) is 5.26 Å². The van der Waals surface area contributed by atoms with E-state index in [1.54, 1.807) is 14.1 Å². The number of aromatic nitrogens is 1. The fourth-order valence-corrected chi connectivity index (χ4v) is 3.97. The van der Waals surface area contributed by atoms with Crippen LogP contribution in [0.5, 0.6) is 0 Å². The van der Waals surface area contributed by atoms with E-state index in [2.05, 4.69) is 4.98 Å². The van der Waals surface area contributed by atoms with Crippen LogP contribution in [0.3, 0.4) is 0 Å².